The Kier molecular flexibility index (Phi) is 4.69. The fourth-order valence-electron chi connectivity index (χ4n) is 2.74. The van der Waals surface area contributed by atoms with Crippen molar-refractivity contribution in [1.29, 1.82) is 0 Å². The number of hydrogen-bond acceptors (Lipinski definition) is 3. The van der Waals surface area contributed by atoms with Crippen LogP contribution in [0.4, 0.5) is 0 Å². The molecule has 1 saturated carbocycles. The Balaban J connectivity index is 2.86. The quantitative estimate of drug-likeness (QED) is 0.592. The highest BCUT2D eigenvalue weighted by atomic mass is 16.2. The third-order valence-electron chi connectivity index (χ3n) is 3.97. The maximum atomic E-state index is 12.1. The Morgan fingerprint density at radius 1 is 1.53 bits per heavy atom. The largest absolute Gasteiger partial charge is 0.349 e. The highest BCUT2D eigenvalue weighted by Crippen LogP contribution is 2.39. The number of carbonyl (C=O) groups is 2. The van der Waals surface area contributed by atoms with Crippen LogP contribution in [0.15, 0.2) is 0 Å². The van der Waals surface area contributed by atoms with Gasteiger partial charge in [-0.15, -0.1) is 0 Å². The van der Waals surface area contributed by atoms with Gasteiger partial charge in [-0.05, 0) is 31.2 Å². The zero-order valence-electron chi connectivity index (χ0n) is 11.1. The van der Waals surface area contributed by atoms with Gasteiger partial charge in [-0.25, -0.2) is 0 Å². The van der Waals surface area contributed by atoms with E-state index in [2.05, 4.69) is 6.92 Å². The van der Waals surface area contributed by atoms with Crippen LogP contribution in [-0.2, 0) is 9.59 Å². The molecule has 1 aliphatic carbocycles. The van der Waals surface area contributed by atoms with Crippen molar-refractivity contribution >= 4 is 12.2 Å². The molecule has 0 saturated heterocycles. The summed E-state index contributed by atoms with van der Waals surface area (Å²) in [5, 5.41) is 0. The van der Waals surface area contributed by atoms with Crippen LogP contribution < -0.4 is 5.73 Å². The van der Waals surface area contributed by atoms with Crippen LogP contribution in [0, 0.1) is 17.3 Å². The van der Waals surface area contributed by atoms with Crippen molar-refractivity contribution in [3.8, 4) is 0 Å². The second kappa shape index (κ2) is 5.63. The first-order chi connectivity index (χ1) is 7.93. The van der Waals surface area contributed by atoms with E-state index in [-0.39, 0.29) is 23.2 Å². The van der Waals surface area contributed by atoms with Gasteiger partial charge in [-0.3, -0.25) is 4.79 Å². The van der Waals surface area contributed by atoms with Gasteiger partial charge in [0.1, 0.15) is 6.29 Å². The van der Waals surface area contributed by atoms with E-state index in [9.17, 15) is 9.59 Å². The smallest absolute Gasteiger partial charge is 0.225 e. The van der Waals surface area contributed by atoms with Crippen LogP contribution in [0.5, 0.6) is 0 Å². The molecule has 1 aliphatic rings. The highest BCUT2D eigenvalue weighted by Gasteiger charge is 2.37. The zero-order chi connectivity index (χ0) is 13.1. The molecule has 3 atom stereocenters. The van der Waals surface area contributed by atoms with E-state index in [0.29, 0.717) is 6.54 Å². The maximum Gasteiger partial charge on any atom is 0.225 e. The fraction of sp³-hybridized carbons (Fsp3) is 0.846. The predicted molar refractivity (Wildman–Crippen MR) is 67.4 cm³/mol. The number of rotatable bonds is 3. The van der Waals surface area contributed by atoms with E-state index in [0.717, 1.165) is 32.0 Å². The first-order valence-electron chi connectivity index (χ1n) is 6.30. The monoisotopic (exact) mass is 240 g/mol. The van der Waals surface area contributed by atoms with Gasteiger partial charge < -0.3 is 15.4 Å². The molecular formula is C13H24N2O2. The number of amides is 1. The Labute approximate surface area is 104 Å². The summed E-state index contributed by atoms with van der Waals surface area (Å²) in [5.74, 6) is -0.264. The van der Waals surface area contributed by atoms with E-state index in [1.54, 1.807) is 19.0 Å². The van der Waals surface area contributed by atoms with Crippen LogP contribution in [0.3, 0.4) is 0 Å². The minimum atomic E-state index is -0.180. The van der Waals surface area contributed by atoms with Gasteiger partial charge in [0.25, 0.3) is 0 Å². The summed E-state index contributed by atoms with van der Waals surface area (Å²) < 4.78 is 0. The van der Waals surface area contributed by atoms with Crippen molar-refractivity contribution in [2.75, 3.05) is 20.6 Å². The lowest BCUT2D eigenvalue weighted by Gasteiger charge is -2.29. The van der Waals surface area contributed by atoms with Crippen molar-refractivity contribution in [3.05, 3.63) is 0 Å². The van der Waals surface area contributed by atoms with Gasteiger partial charge in [0.2, 0.25) is 5.91 Å². The minimum absolute atomic E-state index is 0.00686. The highest BCUT2D eigenvalue weighted by molar-refractivity contribution is 5.81. The summed E-state index contributed by atoms with van der Waals surface area (Å²) in [5.41, 5.74) is 5.80. The number of nitrogens with two attached hydrogens (primary N) is 1. The maximum absolute atomic E-state index is 12.1. The molecule has 3 unspecified atom stereocenters. The molecular weight excluding hydrogens is 216 g/mol. The lowest BCUT2D eigenvalue weighted by atomic mass is 9.77. The molecule has 0 aromatic carbocycles. The molecule has 1 amide bonds. The summed E-state index contributed by atoms with van der Waals surface area (Å²) in [6.07, 6.45) is 4.46. The molecule has 0 aromatic heterocycles. The molecule has 4 heteroatoms. The average Bonchev–Trinajstić information content (AvgIpc) is 2.47. The van der Waals surface area contributed by atoms with Gasteiger partial charge in [0, 0.05) is 25.9 Å². The minimum Gasteiger partial charge on any atom is -0.349 e. The first kappa shape index (κ1) is 14.2. The normalized spacial score (nSPS) is 33.9. The topological polar surface area (TPSA) is 63.4 Å². The summed E-state index contributed by atoms with van der Waals surface area (Å²) in [6.45, 7) is 2.70. The van der Waals surface area contributed by atoms with Gasteiger partial charge in [0.15, 0.2) is 0 Å². The number of carbonyl (C=O) groups excluding carboxylic acids is 2. The van der Waals surface area contributed by atoms with E-state index < -0.39 is 0 Å². The van der Waals surface area contributed by atoms with Crippen LogP contribution in [0.25, 0.3) is 0 Å². The van der Waals surface area contributed by atoms with Crippen molar-refractivity contribution in [3.63, 3.8) is 0 Å². The molecule has 4 nitrogen and oxygen atoms in total. The SMILES string of the molecule is CN(C)C(=O)C1CCCC(C)(CN)CC1C=O. The molecule has 0 aliphatic heterocycles. The van der Waals surface area contributed by atoms with Gasteiger partial charge in [-0.1, -0.05) is 13.3 Å². The number of hydrogen-bond donors (Lipinski definition) is 1. The summed E-state index contributed by atoms with van der Waals surface area (Å²) in [4.78, 5) is 24.9. The first-order valence-corrected chi connectivity index (χ1v) is 6.30. The third kappa shape index (κ3) is 3.28. The molecule has 2 N–H and O–H groups in total. The Bertz CT molecular complexity index is 291. The molecule has 98 valence electrons. The van der Waals surface area contributed by atoms with Crippen molar-refractivity contribution < 1.29 is 9.59 Å². The van der Waals surface area contributed by atoms with Crippen LogP contribution in [0.1, 0.15) is 32.6 Å². The Morgan fingerprint density at radius 3 is 2.65 bits per heavy atom. The van der Waals surface area contributed by atoms with E-state index in [1.807, 2.05) is 0 Å². The van der Waals surface area contributed by atoms with Crippen molar-refractivity contribution in [1.82, 2.24) is 4.90 Å². The summed E-state index contributed by atoms with van der Waals surface area (Å²) in [7, 11) is 3.49. The number of aldehydes is 1. The van der Waals surface area contributed by atoms with Crippen LogP contribution >= 0.6 is 0 Å². The van der Waals surface area contributed by atoms with Gasteiger partial charge in [0.05, 0.1) is 0 Å². The molecule has 0 radical (unpaired) electrons. The van der Waals surface area contributed by atoms with E-state index >= 15 is 0 Å². The van der Waals surface area contributed by atoms with E-state index in [4.69, 9.17) is 5.73 Å². The summed E-state index contributed by atoms with van der Waals surface area (Å²) in [6, 6.07) is 0. The van der Waals surface area contributed by atoms with Crippen molar-refractivity contribution in [2.24, 2.45) is 23.0 Å². The predicted octanol–water partition coefficient (Wildman–Crippen LogP) is 1.04. The lowest BCUT2D eigenvalue weighted by molar-refractivity contribution is -0.137. The second-order valence-electron chi connectivity index (χ2n) is 5.75. The third-order valence-corrected chi connectivity index (χ3v) is 3.97. The molecule has 0 spiro atoms. The molecule has 17 heavy (non-hydrogen) atoms. The molecule has 0 bridgehead atoms. The Morgan fingerprint density at radius 2 is 2.18 bits per heavy atom. The van der Waals surface area contributed by atoms with Crippen LogP contribution in [-0.4, -0.2) is 37.7 Å². The second-order valence-corrected chi connectivity index (χ2v) is 5.75. The number of nitrogens with zero attached hydrogens (tertiary/aromatic N) is 1. The van der Waals surface area contributed by atoms with Gasteiger partial charge >= 0.3 is 0 Å². The van der Waals surface area contributed by atoms with Crippen molar-refractivity contribution in [2.45, 2.75) is 32.6 Å². The zero-order valence-corrected chi connectivity index (χ0v) is 11.1. The standard InChI is InChI=1S/C13H24N2O2/c1-13(9-14)6-4-5-11(10(7-13)8-16)12(17)15(2)3/h8,10-11H,4-7,9,14H2,1-3H3. The average molecular weight is 240 g/mol. The van der Waals surface area contributed by atoms with Gasteiger partial charge in [-0.2, -0.15) is 0 Å². The lowest BCUT2D eigenvalue weighted by Crippen LogP contribution is -2.36. The molecule has 0 heterocycles. The van der Waals surface area contributed by atoms with E-state index in [1.165, 1.54) is 0 Å². The fourth-order valence-corrected chi connectivity index (χ4v) is 2.74. The molecule has 1 fully saturated rings. The Hall–Kier alpha value is -0.900. The van der Waals surface area contributed by atoms with Crippen LogP contribution in [0.2, 0.25) is 0 Å². The molecule has 0 aromatic rings. The molecule has 1 rings (SSSR count). The summed E-state index contributed by atoms with van der Waals surface area (Å²) >= 11 is 0.